The molecule has 0 atom stereocenters. The molecule has 0 bridgehead atoms. The molecule has 18 heavy (non-hydrogen) atoms. The molecule has 0 aliphatic heterocycles. The van der Waals surface area contributed by atoms with E-state index in [-0.39, 0.29) is 35.1 Å². The summed E-state index contributed by atoms with van der Waals surface area (Å²) in [6, 6.07) is 2.62. The van der Waals surface area contributed by atoms with Gasteiger partial charge in [0.05, 0.1) is 5.69 Å². The molecule has 7 heteroatoms. The van der Waals surface area contributed by atoms with Gasteiger partial charge in [-0.1, -0.05) is 12.2 Å². The number of nitrogens with one attached hydrogen (secondary N) is 2. The highest BCUT2D eigenvalue weighted by molar-refractivity contribution is 7.80. The number of amides is 1. The molecule has 0 aliphatic carbocycles. The Balaban J connectivity index is 2.77. The molecule has 0 saturated carbocycles. The first-order chi connectivity index (χ1) is 8.47. The number of nitrogens with two attached hydrogens (primary N) is 1. The van der Waals surface area contributed by atoms with Crippen LogP contribution in [0.4, 0.5) is 14.5 Å². The lowest BCUT2D eigenvalue weighted by molar-refractivity contribution is -0.120. The Morgan fingerprint density at radius 2 is 2.06 bits per heavy atom. The van der Waals surface area contributed by atoms with Crippen LogP contribution in [-0.2, 0) is 4.79 Å². The van der Waals surface area contributed by atoms with E-state index in [0.717, 1.165) is 0 Å². The summed E-state index contributed by atoms with van der Waals surface area (Å²) in [5.41, 5.74) is 5.07. The van der Waals surface area contributed by atoms with Crippen LogP contribution in [0.25, 0.3) is 0 Å². The van der Waals surface area contributed by atoms with Crippen LogP contribution in [0.3, 0.4) is 0 Å². The van der Waals surface area contributed by atoms with Gasteiger partial charge in [0, 0.05) is 25.6 Å². The SMILES string of the molecule is CNC(=O)CCNc1ccc(C(N)=S)c(F)c1F. The lowest BCUT2D eigenvalue weighted by atomic mass is 10.1. The first-order valence-corrected chi connectivity index (χ1v) is 5.60. The molecule has 1 aromatic rings. The Morgan fingerprint density at radius 1 is 1.39 bits per heavy atom. The van der Waals surface area contributed by atoms with Crippen molar-refractivity contribution in [3.63, 3.8) is 0 Å². The lowest BCUT2D eigenvalue weighted by Crippen LogP contribution is -2.21. The van der Waals surface area contributed by atoms with E-state index in [2.05, 4.69) is 22.9 Å². The topological polar surface area (TPSA) is 67.2 Å². The minimum Gasteiger partial charge on any atom is -0.389 e. The van der Waals surface area contributed by atoms with Gasteiger partial charge in [-0.05, 0) is 12.1 Å². The highest BCUT2D eigenvalue weighted by Crippen LogP contribution is 2.20. The lowest BCUT2D eigenvalue weighted by Gasteiger charge is -2.09. The van der Waals surface area contributed by atoms with Crippen molar-refractivity contribution in [1.82, 2.24) is 5.32 Å². The van der Waals surface area contributed by atoms with Crippen molar-refractivity contribution < 1.29 is 13.6 Å². The van der Waals surface area contributed by atoms with Crippen LogP contribution in [0, 0.1) is 11.6 Å². The number of hydrogen-bond donors (Lipinski definition) is 3. The third-order valence-corrected chi connectivity index (χ3v) is 2.51. The molecule has 1 aromatic carbocycles. The molecule has 0 heterocycles. The molecule has 0 radical (unpaired) electrons. The zero-order valence-electron chi connectivity index (χ0n) is 9.72. The maximum absolute atomic E-state index is 13.6. The van der Waals surface area contributed by atoms with Gasteiger partial charge in [0.2, 0.25) is 5.91 Å². The average Bonchev–Trinajstić information content (AvgIpc) is 2.33. The molecular weight excluding hydrogens is 260 g/mol. The third-order valence-electron chi connectivity index (χ3n) is 2.29. The van der Waals surface area contributed by atoms with Crippen molar-refractivity contribution in [3.05, 3.63) is 29.3 Å². The van der Waals surface area contributed by atoms with E-state index in [9.17, 15) is 13.6 Å². The Morgan fingerprint density at radius 3 is 2.61 bits per heavy atom. The monoisotopic (exact) mass is 273 g/mol. The van der Waals surface area contributed by atoms with E-state index in [1.807, 2.05) is 0 Å². The van der Waals surface area contributed by atoms with Gasteiger partial charge in [-0.2, -0.15) is 0 Å². The Labute approximate surface area is 109 Å². The number of thiocarbonyl (C=S) groups is 1. The fourth-order valence-corrected chi connectivity index (χ4v) is 1.47. The first kappa shape index (κ1) is 14.3. The second kappa shape index (κ2) is 6.25. The van der Waals surface area contributed by atoms with Gasteiger partial charge in [-0.15, -0.1) is 0 Å². The van der Waals surface area contributed by atoms with Gasteiger partial charge in [0.25, 0.3) is 0 Å². The molecule has 98 valence electrons. The number of benzene rings is 1. The minimum absolute atomic E-state index is 0.0311. The predicted octanol–water partition coefficient (Wildman–Crippen LogP) is 1.15. The highest BCUT2D eigenvalue weighted by Gasteiger charge is 2.14. The van der Waals surface area contributed by atoms with Gasteiger partial charge in [-0.3, -0.25) is 4.79 Å². The predicted molar refractivity (Wildman–Crippen MR) is 69.4 cm³/mol. The van der Waals surface area contributed by atoms with Crippen molar-refractivity contribution in [1.29, 1.82) is 0 Å². The zero-order valence-corrected chi connectivity index (χ0v) is 10.5. The molecule has 0 fully saturated rings. The van der Waals surface area contributed by atoms with Crippen LogP contribution in [0.2, 0.25) is 0 Å². The molecule has 0 spiro atoms. The van der Waals surface area contributed by atoms with E-state index in [1.54, 1.807) is 0 Å². The van der Waals surface area contributed by atoms with Gasteiger partial charge in [-0.25, -0.2) is 8.78 Å². The molecule has 4 N–H and O–H groups in total. The van der Waals surface area contributed by atoms with Gasteiger partial charge >= 0.3 is 0 Å². The summed E-state index contributed by atoms with van der Waals surface area (Å²) in [5, 5.41) is 5.05. The second-order valence-electron chi connectivity index (χ2n) is 3.50. The van der Waals surface area contributed by atoms with Crippen LogP contribution in [0.1, 0.15) is 12.0 Å². The van der Waals surface area contributed by atoms with E-state index < -0.39 is 11.6 Å². The van der Waals surface area contributed by atoms with E-state index in [1.165, 1.54) is 19.2 Å². The highest BCUT2D eigenvalue weighted by atomic mass is 32.1. The second-order valence-corrected chi connectivity index (χ2v) is 3.94. The summed E-state index contributed by atoms with van der Waals surface area (Å²) < 4.78 is 27.1. The Kier molecular flexibility index (Phi) is 4.96. The van der Waals surface area contributed by atoms with Crippen molar-refractivity contribution in [2.24, 2.45) is 5.73 Å². The quantitative estimate of drug-likeness (QED) is 0.704. The maximum Gasteiger partial charge on any atom is 0.221 e. The minimum atomic E-state index is -1.09. The van der Waals surface area contributed by atoms with E-state index in [0.29, 0.717) is 0 Å². The van der Waals surface area contributed by atoms with Gasteiger partial charge in [0.15, 0.2) is 11.6 Å². The standard InChI is InChI=1S/C11H13F2N3OS/c1-15-8(17)4-5-16-7-3-2-6(11(14)18)9(12)10(7)13/h2-3,16H,4-5H2,1H3,(H2,14,18)(H,15,17). The average molecular weight is 273 g/mol. The number of carbonyl (C=O) groups is 1. The summed E-state index contributed by atoms with van der Waals surface area (Å²) in [5.74, 6) is -2.34. The van der Waals surface area contributed by atoms with Crippen molar-refractivity contribution in [3.8, 4) is 0 Å². The van der Waals surface area contributed by atoms with Crippen LogP contribution in [0.15, 0.2) is 12.1 Å². The molecule has 0 aliphatic rings. The number of halogens is 2. The molecule has 1 rings (SSSR count). The third kappa shape index (κ3) is 3.36. The number of hydrogen-bond acceptors (Lipinski definition) is 3. The largest absolute Gasteiger partial charge is 0.389 e. The number of anilines is 1. The van der Waals surface area contributed by atoms with Gasteiger partial charge in [0.1, 0.15) is 4.99 Å². The van der Waals surface area contributed by atoms with Crippen molar-refractivity contribution in [2.75, 3.05) is 18.9 Å². The molecule has 0 unspecified atom stereocenters. The first-order valence-electron chi connectivity index (χ1n) is 5.19. The van der Waals surface area contributed by atoms with Crippen LogP contribution >= 0.6 is 12.2 Å². The number of rotatable bonds is 5. The van der Waals surface area contributed by atoms with Crippen molar-refractivity contribution >= 4 is 28.8 Å². The summed E-state index contributed by atoms with van der Waals surface area (Å²) in [6.07, 6.45) is 0.161. The molecule has 0 saturated heterocycles. The zero-order chi connectivity index (χ0) is 13.7. The van der Waals surface area contributed by atoms with E-state index >= 15 is 0 Å². The van der Waals surface area contributed by atoms with Gasteiger partial charge < -0.3 is 16.4 Å². The molecular formula is C11H13F2N3OS. The normalized spacial score (nSPS) is 9.94. The molecule has 1 amide bonds. The summed E-state index contributed by atoms with van der Waals surface area (Å²) >= 11 is 4.59. The fourth-order valence-electron chi connectivity index (χ4n) is 1.31. The number of carbonyl (C=O) groups excluding carboxylic acids is 1. The Bertz CT molecular complexity index is 480. The molecule has 4 nitrogen and oxygen atoms in total. The van der Waals surface area contributed by atoms with Crippen LogP contribution in [-0.4, -0.2) is 24.5 Å². The van der Waals surface area contributed by atoms with Crippen LogP contribution < -0.4 is 16.4 Å². The smallest absolute Gasteiger partial charge is 0.221 e. The summed E-state index contributed by atoms with van der Waals surface area (Å²) in [6.45, 7) is 0.197. The fraction of sp³-hybridized carbons (Fsp3) is 0.273. The summed E-state index contributed by atoms with van der Waals surface area (Å²) in [7, 11) is 1.50. The molecule has 0 aromatic heterocycles. The van der Waals surface area contributed by atoms with Crippen LogP contribution in [0.5, 0.6) is 0 Å². The Hall–Kier alpha value is -1.76. The van der Waals surface area contributed by atoms with E-state index in [4.69, 9.17) is 5.73 Å². The maximum atomic E-state index is 13.6. The van der Waals surface area contributed by atoms with Crippen molar-refractivity contribution in [2.45, 2.75) is 6.42 Å². The summed E-state index contributed by atoms with van der Waals surface area (Å²) in [4.78, 5) is 10.7.